The monoisotopic (exact) mass is 250 g/mol. The lowest BCUT2D eigenvalue weighted by atomic mass is 9.97. The molecular weight excluding hydrogens is 232 g/mol. The van der Waals surface area contributed by atoms with E-state index in [9.17, 15) is 14.7 Å². The first-order valence-corrected chi connectivity index (χ1v) is 6.14. The van der Waals surface area contributed by atoms with E-state index < -0.39 is 11.5 Å². The van der Waals surface area contributed by atoms with Crippen molar-refractivity contribution in [2.75, 3.05) is 0 Å². The van der Waals surface area contributed by atoms with Crippen molar-refractivity contribution < 1.29 is 14.7 Å². The van der Waals surface area contributed by atoms with Gasteiger partial charge in [0.2, 0.25) is 0 Å². The summed E-state index contributed by atoms with van der Waals surface area (Å²) in [6.45, 7) is 1.84. The van der Waals surface area contributed by atoms with Crippen molar-refractivity contribution in [2.45, 2.75) is 38.1 Å². The number of aromatic nitrogens is 1. The molecule has 1 aromatic heterocycles. The average Bonchev–Trinajstić information content (AvgIpc) is 2.89. The topological polar surface area (TPSA) is 71.3 Å². The fraction of sp³-hybridized carbons (Fsp3) is 0.538. The number of carboxylic acids is 1. The summed E-state index contributed by atoms with van der Waals surface area (Å²) in [4.78, 5) is 23.5. The second kappa shape index (κ2) is 4.48. The molecule has 1 aliphatic rings. The van der Waals surface area contributed by atoms with Gasteiger partial charge in [0.05, 0.1) is 5.56 Å². The molecule has 0 bridgehead atoms. The summed E-state index contributed by atoms with van der Waals surface area (Å²) >= 11 is 0. The molecule has 0 aliphatic heterocycles. The third kappa shape index (κ3) is 2.00. The Morgan fingerprint density at radius 3 is 2.44 bits per heavy atom. The number of aryl methyl sites for hydroxylation is 1. The minimum atomic E-state index is -1.07. The normalized spacial score (nSPS) is 17.7. The van der Waals surface area contributed by atoms with Gasteiger partial charge in [-0.15, -0.1) is 0 Å². The van der Waals surface area contributed by atoms with E-state index in [0.29, 0.717) is 18.4 Å². The minimum Gasteiger partial charge on any atom is -0.480 e. The molecule has 5 heteroatoms. The van der Waals surface area contributed by atoms with Crippen LogP contribution in [-0.2, 0) is 11.8 Å². The first-order valence-electron chi connectivity index (χ1n) is 6.14. The maximum absolute atomic E-state index is 12.2. The van der Waals surface area contributed by atoms with E-state index in [2.05, 4.69) is 5.32 Å². The van der Waals surface area contributed by atoms with Gasteiger partial charge < -0.3 is 15.0 Å². The molecule has 1 aliphatic carbocycles. The number of carboxylic acid groups (broad SMARTS) is 1. The van der Waals surface area contributed by atoms with Gasteiger partial charge in [0, 0.05) is 18.9 Å². The van der Waals surface area contributed by atoms with E-state index in [0.717, 1.165) is 18.5 Å². The lowest BCUT2D eigenvalue weighted by molar-refractivity contribution is -0.144. The quantitative estimate of drug-likeness (QED) is 0.853. The van der Waals surface area contributed by atoms with Crippen LogP contribution in [0.2, 0.25) is 0 Å². The molecule has 98 valence electrons. The van der Waals surface area contributed by atoms with Crippen molar-refractivity contribution in [3.05, 3.63) is 23.5 Å². The van der Waals surface area contributed by atoms with Gasteiger partial charge >= 0.3 is 5.97 Å². The zero-order valence-corrected chi connectivity index (χ0v) is 10.7. The lowest BCUT2D eigenvalue weighted by Crippen LogP contribution is -2.52. The van der Waals surface area contributed by atoms with Crippen molar-refractivity contribution in [1.29, 1.82) is 0 Å². The SMILES string of the molecule is Cc1c(C(=O)NC2(C(=O)O)CCCC2)ccn1C. The third-order valence-corrected chi connectivity index (χ3v) is 3.85. The van der Waals surface area contributed by atoms with E-state index in [1.165, 1.54) is 0 Å². The average molecular weight is 250 g/mol. The number of aliphatic carboxylic acids is 1. The highest BCUT2D eigenvalue weighted by molar-refractivity contribution is 5.98. The van der Waals surface area contributed by atoms with E-state index in [1.807, 2.05) is 18.5 Å². The molecular formula is C13H18N2O3. The first-order chi connectivity index (χ1) is 8.46. The number of nitrogens with one attached hydrogen (secondary N) is 1. The van der Waals surface area contributed by atoms with Crippen LogP contribution in [0.15, 0.2) is 12.3 Å². The Bertz CT molecular complexity index is 484. The molecule has 1 heterocycles. The fourth-order valence-corrected chi connectivity index (χ4v) is 2.50. The van der Waals surface area contributed by atoms with Crippen LogP contribution in [0.1, 0.15) is 41.7 Å². The smallest absolute Gasteiger partial charge is 0.329 e. The van der Waals surface area contributed by atoms with Gasteiger partial charge in [-0.3, -0.25) is 4.79 Å². The van der Waals surface area contributed by atoms with Crippen molar-refractivity contribution in [3.63, 3.8) is 0 Å². The number of carbonyl (C=O) groups excluding carboxylic acids is 1. The molecule has 2 N–H and O–H groups in total. The van der Waals surface area contributed by atoms with Crippen molar-refractivity contribution >= 4 is 11.9 Å². The van der Waals surface area contributed by atoms with E-state index in [4.69, 9.17) is 0 Å². The highest BCUT2D eigenvalue weighted by Gasteiger charge is 2.42. The molecule has 1 aromatic rings. The predicted octanol–water partition coefficient (Wildman–Crippen LogP) is 1.46. The molecule has 0 atom stereocenters. The molecule has 0 unspecified atom stereocenters. The maximum atomic E-state index is 12.2. The van der Waals surface area contributed by atoms with Crippen molar-refractivity contribution in [3.8, 4) is 0 Å². The highest BCUT2D eigenvalue weighted by Crippen LogP contribution is 2.30. The Balaban J connectivity index is 2.20. The van der Waals surface area contributed by atoms with E-state index >= 15 is 0 Å². The summed E-state index contributed by atoms with van der Waals surface area (Å²) in [6.07, 6.45) is 4.52. The fourth-order valence-electron chi connectivity index (χ4n) is 2.50. The molecule has 2 rings (SSSR count). The van der Waals surface area contributed by atoms with Crippen LogP contribution in [0.4, 0.5) is 0 Å². The minimum absolute atomic E-state index is 0.294. The molecule has 1 saturated carbocycles. The number of hydrogen-bond donors (Lipinski definition) is 2. The molecule has 5 nitrogen and oxygen atoms in total. The Morgan fingerprint density at radius 2 is 2.00 bits per heavy atom. The van der Waals surface area contributed by atoms with Crippen molar-refractivity contribution in [1.82, 2.24) is 9.88 Å². The lowest BCUT2D eigenvalue weighted by Gasteiger charge is -2.25. The summed E-state index contributed by atoms with van der Waals surface area (Å²) in [6, 6.07) is 1.72. The van der Waals surface area contributed by atoms with Gasteiger partial charge in [-0.25, -0.2) is 4.79 Å². The van der Waals surface area contributed by atoms with Crippen LogP contribution in [0, 0.1) is 6.92 Å². The molecule has 0 spiro atoms. The Hall–Kier alpha value is -1.78. The van der Waals surface area contributed by atoms with Gasteiger partial charge in [-0.05, 0) is 25.8 Å². The summed E-state index contributed by atoms with van der Waals surface area (Å²) in [7, 11) is 1.86. The molecule has 1 amide bonds. The summed E-state index contributed by atoms with van der Waals surface area (Å²) in [5, 5.41) is 12.0. The molecule has 1 fully saturated rings. The summed E-state index contributed by atoms with van der Waals surface area (Å²) < 4.78 is 1.84. The highest BCUT2D eigenvalue weighted by atomic mass is 16.4. The third-order valence-electron chi connectivity index (χ3n) is 3.85. The second-order valence-corrected chi connectivity index (χ2v) is 4.97. The Morgan fingerprint density at radius 1 is 1.39 bits per heavy atom. The number of nitrogens with zero attached hydrogens (tertiary/aromatic N) is 1. The number of carbonyl (C=O) groups is 2. The molecule has 0 aromatic carbocycles. The Kier molecular flexibility index (Phi) is 3.15. The van der Waals surface area contributed by atoms with Crippen molar-refractivity contribution in [2.24, 2.45) is 7.05 Å². The van der Waals surface area contributed by atoms with Crippen LogP contribution in [0.25, 0.3) is 0 Å². The van der Waals surface area contributed by atoms with Crippen LogP contribution < -0.4 is 5.32 Å². The van der Waals surface area contributed by atoms with E-state index in [1.54, 1.807) is 12.3 Å². The zero-order valence-electron chi connectivity index (χ0n) is 10.7. The first kappa shape index (κ1) is 12.7. The van der Waals surface area contributed by atoms with Crippen LogP contribution >= 0.6 is 0 Å². The largest absolute Gasteiger partial charge is 0.480 e. The molecule has 0 saturated heterocycles. The summed E-state index contributed by atoms with van der Waals surface area (Å²) in [5.74, 6) is -1.22. The number of hydrogen-bond acceptors (Lipinski definition) is 2. The van der Waals surface area contributed by atoms with Crippen LogP contribution in [0.5, 0.6) is 0 Å². The van der Waals surface area contributed by atoms with Gasteiger partial charge in [0.1, 0.15) is 5.54 Å². The maximum Gasteiger partial charge on any atom is 0.329 e. The van der Waals surface area contributed by atoms with Crippen LogP contribution in [-0.4, -0.2) is 27.1 Å². The van der Waals surface area contributed by atoms with E-state index in [-0.39, 0.29) is 5.91 Å². The molecule has 0 radical (unpaired) electrons. The number of amides is 1. The summed E-state index contributed by atoms with van der Waals surface area (Å²) in [5.41, 5.74) is 0.315. The second-order valence-electron chi connectivity index (χ2n) is 4.97. The Labute approximate surface area is 106 Å². The van der Waals surface area contributed by atoms with Gasteiger partial charge in [0.15, 0.2) is 0 Å². The van der Waals surface area contributed by atoms with Gasteiger partial charge in [-0.2, -0.15) is 0 Å². The zero-order chi connectivity index (χ0) is 13.3. The number of rotatable bonds is 3. The molecule has 18 heavy (non-hydrogen) atoms. The standard InChI is InChI=1S/C13H18N2O3/c1-9-10(5-8-15(9)2)11(16)14-13(12(17)18)6-3-4-7-13/h5,8H,3-4,6-7H2,1-2H3,(H,14,16)(H,17,18). The van der Waals surface area contributed by atoms with Gasteiger partial charge in [-0.1, -0.05) is 12.8 Å². The predicted molar refractivity (Wildman–Crippen MR) is 66.5 cm³/mol. The van der Waals surface area contributed by atoms with Gasteiger partial charge in [0.25, 0.3) is 5.91 Å². The van der Waals surface area contributed by atoms with Crippen LogP contribution in [0.3, 0.4) is 0 Å².